The van der Waals surface area contributed by atoms with Gasteiger partial charge in [0.25, 0.3) is 0 Å². The van der Waals surface area contributed by atoms with Crippen molar-refractivity contribution in [3.63, 3.8) is 0 Å². The van der Waals surface area contributed by atoms with E-state index in [-0.39, 0.29) is 0 Å². The third-order valence-corrected chi connectivity index (χ3v) is 6.21. The van der Waals surface area contributed by atoms with E-state index in [4.69, 9.17) is 11.6 Å². The second-order valence-electron chi connectivity index (χ2n) is 5.78. The highest BCUT2D eigenvalue weighted by atomic mass is 127. The molecule has 0 saturated carbocycles. The van der Waals surface area contributed by atoms with Gasteiger partial charge < -0.3 is 5.32 Å². The first kappa shape index (κ1) is 15.8. The summed E-state index contributed by atoms with van der Waals surface area (Å²) >= 11 is 10.5. The first-order valence-electron chi connectivity index (χ1n) is 7.40. The molecular weight excluding hydrogens is 413 g/mol. The molecule has 1 aromatic heterocycles. The molecule has 0 saturated heterocycles. The lowest BCUT2D eigenvalue weighted by atomic mass is 9.93. The molecule has 1 aliphatic carbocycles. The van der Waals surface area contributed by atoms with Gasteiger partial charge in [-0.15, -0.1) is 11.3 Å². The van der Waals surface area contributed by atoms with Crippen molar-refractivity contribution >= 4 is 45.5 Å². The Morgan fingerprint density at radius 2 is 2.29 bits per heavy atom. The summed E-state index contributed by atoms with van der Waals surface area (Å²) < 4.78 is 1.41. The lowest BCUT2D eigenvalue weighted by Crippen LogP contribution is -2.33. The second-order valence-corrected chi connectivity index (χ2v) is 9.24. The zero-order valence-corrected chi connectivity index (χ0v) is 15.8. The number of halogens is 2. The molecule has 0 spiro atoms. The zero-order valence-electron chi connectivity index (χ0n) is 12.0. The summed E-state index contributed by atoms with van der Waals surface area (Å²) in [6.07, 6.45) is 4.82. The highest BCUT2D eigenvalue weighted by molar-refractivity contribution is 14.1. The number of thiophene rings is 1. The highest BCUT2D eigenvalue weighted by Gasteiger charge is 2.23. The van der Waals surface area contributed by atoms with Crippen molar-refractivity contribution in [3.8, 4) is 0 Å². The minimum absolute atomic E-state index is 0.456. The quantitative estimate of drug-likeness (QED) is 0.621. The summed E-state index contributed by atoms with van der Waals surface area (Å²) in [5.41, 5.74) is 2.84. The number of fused-ring (bicyclic) bond motifs is 1. The van der Waals surface area contributed by atoms with Crippen LogP contribution in [0.4, 0.5) is 0 Å². The van der Waals surface area contributed by atoms with Gasteiger partial charge in [0.2, 0.25) is 0 Å². The van der Waals surface area contributed by atoms with Gasteiger partial charge >= 0.3 is 0 Å². The normalized spacial score (nSPS) is 19.3. The maximum atomic E-state index is 6.07. The molecule has 0 fully saturated rings. The average Bonchev–Trinajstić information content (AvgIpc) is 2.80. The van der Waals surface area contributed by atoms with E-state index in [0.717, 1.165) is 11.4 Å². The second kappa shape index (κ2) is 6.99. The number of benzene rings is 1. The third-order valence-electron chi connectivity index (χ3n) is 4.00. The number of aryl methyl sites for hydroxylation is 1. The van der Waals surface area contributed by atoms with Crippen LogP contribution in [0.5, 0.6) is 0 Å². The number of rotatable bonds is 4. The third kappa shape index (κ3) is 4.01. The van der Waals surface area contributed by atoms with Crippen molar-refractivity contribution in [2.24, 2.45) is 0 Å². The molecule has 4 heteroatoms. The molecular formula is C17H19ClINS. The Hall–Kier alpha value is -0.100. The minimum atomic E-state index is 0.456. The SMILES string of the molecule is CC(Cc1cccc(Cl)c1)NC1CCCc2sc(I)cc21. The van der Waals surface area contributed by atoms with E-state index < -0.39 is 0 Å². The highest BCUT2D eigenvalue weighted by Crippen LogP contribution is 2.36. The average molecular weight is 432 g/mol. The van der Waals surface area contributed by atoms with E-state index in [1.165, 1.54) is 33.3 Å². The summed E-state index contributed by atoms with van der Waals surface area (Å²) in [4.78, 5) is 1.58. The fourth-order valence-corrected chi connectivity index (χ4v) is 5.45. The Balaban J connectivity index is 1.67. The molecule has 1 N–H and O–H groups in total. The summed E-state index contributed by atoms with van der Waals surface area (Å²) in [6.45, 7) is 2.27. The summed E-state index contributed by atoms with van der Waals surface area (Å²) in [5.74, 6) is 0. The summed E-state index contributed by atoms with van der Waals surface area (Å²) in [5, 5.41) is 4.64. The number of nitrogens with one attached hydrogen (secondary N) is 1. The van der Waals surface area contributed by atoms with Gasteiger partial charge in [0, 0.05) is 22.0 Å². The van der Waals surface area contributed by atoms with Crippen LogP contribution in [0.2, 0.25) is 5.02 Å². The molecule has 0 aliphatic heterocycles. The molecule has 3 rings (SSSR count). The smallest absolute Gasteiger partial charge is 0.0659 e. The van der Waals surface area contributed by atoms with Gasteiger partial charge in [-0.2, -0.15) is 0 Å². The maximum absolute atomic E-state index is 6.07. The molecule has 1 heterocycles. The molecule has 1 aliphatic rings. The van der Waals surface area contributed by atoms with Crippen LogP contribution in [-0.2, 0) is 12.8 Å². The van der Waals surface area contributed by atoms with Crippen LogP contribution in [-0.4, -0.2) is 6.04 Å². The van der Waals surface area contributed by atoms with Gasteiger partial charge in [-0.05, 0) is 84.5 Å². The molecule has 112 valence electrons. The van der Waals surface area contributed by atoms with Crippen LogP contribution >= 0.6 is 45.5 Å². The fraction of sp³-hybridized carbons (Fsp3) is 0.412. The fourth-order valence-electron chi connectivity index (χ4n) is 3.11. The van der Waals surface area contributed by atoms with Crippen molar-refractivity contribution in [2.75, 3.05) is 0 Å². The van der Waals surface area contributed by atoms with E-state index >= 15 is 0 Å². The van der Waals surface area contributed by atoms with Crippen LogP contribution in [0.25, 0.3) is 0 Å². The Morgan fingerprint density at radius 1 is 1.43 bits per heavy atom. The van der Waals surface area contributed by atoms with Crippen LogP contribution in [0.3, 0.4) is 0 Å². The van der Waals surface area contributed by atoms with Crippen molar-refractivity contribution in [2.45, 2.75) is 44.7 Å². The van der Waals surface area contributed by atoms with E-state index in [9.17, 15) is 0 Å². The van der Waals surface area contributed by atoms with E-state index in [1.807, 2.05) is 23.5 Å². The molecule has 0 radical (unpaired) electrons. The van der Waals surface area contributed by atoms with Gasteiger partial charge in [0.1, 0.15) is 0 Å². The Morgan fingerprint density at radius 3 is 3.10 bits per heavy atom. The van der Waals surface area contributed by atoms with Gasteiger partial charge in [0.05, 0.1) is 2.88 Å². The van der Waals surface area contributed by atoms with Crippen LogP contribution in [0.1, 0.15) is 41.8 Å². The molecule has 1 nitrogen and oxygen atoms in total. The number of hydrogen-bond acceptors (Lipinski definition) is 2. The van der Waals surface area contributed by atoms with Crippen molar-refractivity contribution in [3.05, 3.63) is 54.2 Å². The topological polar surface area (TPSA) is 12.0 Å². The monoisotopic (exact) mass is 431 g/mol. The van der Waals surface area contributed by atoms with E-state index in [1.54, 1.807) is 4.88 Å². The largest absolute Gasteiger partial charge is 0.307 e. The van der Waals surface area contributed by atoms with Crippen molar-refractivity contribution in [1.29, 1.82) is 0 Å². The van der Waals surface area contributed by atoms with Gasteiger partial charge in [-0.3, -0.25) is 0 Å². The predicted octanol–water partition coefficient (Wildman–Crippen LogP) is 5.60. The van der Waals surface area contributed by atoms with Gasteiger partial charge in [-0.25, -0.2) is 0 Å². The van der Waals surface area contributed by atoms with Crippen LogP contribution in [0, 0.1) is 2.88 Å². The maximum Gasteiger partial charge on any atom is 0.0659 e. The van der Waals surface area contributed by atoms with Crippen molar-refractivity contribution in [1.82, 2.24) is 5.32 Å². The summed E-state index contributed by atoms with van der Waals surface area (Å²) in [6, 6.07) is 11.5. The molecule has 2 aromatic rings. The van der Waals surface area contributed by atoms with Crippen molar-refractivity contribution < 1.29 is 0 Å². The lowest BCUT2D eigenvalue weighted by Gasteiger charge is -2.27. The van der Waals surface area contributed by atoms with Crippen LogP contribution in [0.15, 0.2) is 30.3 Å². The number of hydrogen-bond donors (Lipinski definition) is 1. The molecule has 0 amide bonds. The summed E-state index contributed by atoms with van der Waals surface area (Å²) in [7, 11) is 0. The molecule has 1 aromatic carbocycles. The van der Waals surface area contributed by atoms with Crippen LogP contribution < -0.4 is 5.32 Å². The van der Waals surface area contributed by atoms with Gasteiger partial charge in [-0.1, -0.05) is 23.7 Å². The molecule has 2 unspecified atom stereocenters. The Bertz CT molecular complexity index is 625. The standard InChI is InChI=1S/C17H19ClINS/c1-11(8-12-4-2-5-13(18)9-12)20-15-6-3-7-16-14(15)10-17(19)21-16/h2,4-5,9-11,15,20H,3,6-8H2,1H3. The molecule has 2 atom stereocenters. The first-order valence-corrected chi connectivity index (χ1v) is 9.68. The zero-order chi connectivity index (χ0) is 14.8. The first-order chi connectivity index (χ1) is 10.1. The Labute approximate surface area is 149 Å². The molecule has 21 heavy (non-hydrogen) atoms. The minimum Gasteiger partial charge on any atom is -0.307 e. The lowest BCUT2D eigenvalue weighted by molar-refractivity contribution is 0.409. The Kier molecular flexibility index (Phi) is 5.25. The van der Waals surface area contributed by atoms with Gasteiger partial charge in [0.15, 0.2) is 0 Å². The van der Waals surface area contributed by atoms with E-state index in [2.05, 4.69) is 53.0 Å². The molecule has 0 bridgehead atoms. The predicted molar refractivity (Wildman–Crippen MR) is 100 cm³/mol. The van der Waals surface area contributed by atoms with E-state index in [0.29, 0.717) is 12.1 Å².